The van der Waals surface area contributed by atoms with Gasteiger partial charge in [0, 0.05) is 18.1 Å². The Balaban J connectivity index is 2.94. The van der Waals surface area contributed by atoms with Gasteiger partial charge < -0.3 is 10.2 Å². The molecule has 0 aliphatic carbocycles. The van der Waals surface area contributed by atoms with Crippen LogP contribution in [0.15, 0.2) is 22.7 Å². The van der Waals surface area contributed by atoms with Crippen LogP contribution < -0.4 is 10.2 Å². The Labute approximate surface area is 115 Å². The van der Waals surface area contributed by atoms with E-state index in [1.54, 1.807) is 26.2 Å². The minimum Gasteiger partial charge on any atom is -0.319 e. The molecule has 0 aromatic heterocycles. The fourth-order valence-electron chi connectivity index (χ4n) is 1.79. The number of hydrogen-bond acceptors (Lipinski definition) is 2. The van der Waals surface area contributed by atoms with Crippen molar-refractivity contribution in [3.63, 3.8) is 0 Å². The van der Waals surface area contributed by atoms with Crippen LogP contribution in [-0.2, 0) is 4.79 Å². The van der Waals surface area contributed by atoms with E-state index in [0.29, 0.717) is 12.2 Å². The maximum absolute atomic E-state index is 13.7. The van der Waals surface area contributed by atoms with Gasteiger partial charge in [0.05, 0.1) is 11.6 Å². The van der Waals surface area contributed by atoms with Crippen molar-refractivity contribution in [3.05, 3.63) is 28.5 Å². The Morgan fingerprint density at radius 3 is 2.78 bits per heavy atom. The summed E-state index contributed by atoms with van der Waals surface area (Å²) in [6.07, 6.45) is 0.722. The zero-order chi connectivity index (χ0) is 13.7. The summed E-state index contributed by atoms with van der Waals surface area (Å²) in [6, 6.07) is 4.57. The van der Waals surface area contributed by atoms with E-state index in [4.69, 9.17) is 0 Å². The van der Waals surface area contributed by atoms with Gasteiger partial charge in [-0.25, -0.2) is 4.39 Å². The number of nitrogens with one attached hydrogen (secondary N) is 1. The molecule has 0 spiro atoms. The van der Waals surface area contributed by atoms with Crippen molar-refractivity contribution in [1.29, 1.82) is 0 Å². The Hall–Kier alpha value is -0.940. The van der Waals surface area contributed by atoms with Crippen molar-refractivity contribution in [2.45, 2.75) is 13.3 Å². The summed E-state index contributed by atoms with van der Waals surface area (Å²) >= 11 is 3.28. The lowest BCUT2D eigenvalue weighted by Gasteiger charge is -2.23. The Morgan fingerprint density at radius 1 is 1.56 bits per heavy atom. The quantitative estimate of drug-likeness (QED) is 0.906. The van der Waals surface area contributed by atoms with E-state index in [1.807, 2.05) is 6.92 Å². The highest BCUT2D eigenvalue weighted by Crippen LogP contribution is 2.24. The number of carbonyl (C=O) groups excluding carboxylic acids is 1. The highest BCUT2D eigenvalue weighted by Gasteiger charge is 2.22. The van der Waals surface area contributed by atoms with Crippen LogP contribution in [0.1, 0.15) is 13.3 Å². The topological polar surface area (TPSA) is 32.3 Å². The third-order valence-corrected chi connectivity index (χ3v) is 3.39. The number of benzene rings is 1. The monoisotopic (exact) mass is 316 g/mol. The Bertz CT molecular complexity index is 425. The van der Waals surface area contributed by atoms with Crippen molar-refractivity contribution in [2.24, 2.45) is 5.92 Å². The van der Waals surface area contributed by atoms with E-state index in [9.17, 15) is 9.18 Å². The molecular weight excluding hydrogens is 299 g/mol. The van der Waals surface area contributed by atoms with Gasteiger partial charge >= 0.3 is 0 Å². The molecule has 0 bridgehead atoms. The summed E-state index contributed by atoms with van der Waals surface area (Å²) in [7, 11) is 3.40. The summed E-state index contributed by atoms with van der Waals surface area (Å²) < 4.78 is 14.5. The van der Waals surface area contributed by atoms with E-state index >= 15 is 0 Å². The van der Waals surface area contributed by atoms with Gasteiger partial charge in [0.25, 0.3) is 0 Å². The average Bonchev–Trinajstić information content (AvgIpc) is 2.37. The SMILES string of the molecule is CCC(CNC)C(=O)N(C)c1cc(Br)ccc1F. The molecule has 1 aromatic rings. The number of amides is 1. The third-order valence-electron chi connectivity index (χ3n) is 2.89. The molecule has 0 heterocycles. The fourth-order valence-corrected chi connectivity index (χ4v) is 2.14. The van der Waals surface area contributed by atoms with Crippen LogP contribution in [0.2, 0.25) is 0 Å². The zero-order valence-corrected chi connectivity index (χ0v) is 12.4. The predicted octanol–water partition coefficient (Wildman–Crippen LogP) is 2.80. The van der Waals surface area contributed by atoms with Gasteiger partial charge in [-0.05, 0) is 31.7 Å². The first-order valence-corrected chi connectivity index (χ1v) is 6.67. The van der Waals surface area contributed by atoms with Crippen LogP contribution in [0.3, 0.4) is 0 Å². The molecule has 5 heteroatoms. The van der Waals surface area contributed by atoms with E-state index in [0.717, 1.165) is 10.9 Å². The third kappa shape index (κ3) is 3.53. The average molecular weight is 317 g/mol. The van der Waals surface area contributed by atoms with Gasteiger partial charge in [0.1, 0.15) is 5.82 Å². The molecule has 3 nitrogen and oxygen atoms in total. The molecule has 0 saturated heterocycles. The molecular formula is C13H18BrFN2O. The molecule has 0 saturated carbocycles. The molecule has 1 unspecified atom stereocenters. The van der Waals surface area contributed by atoms with E-state index in [2.05, 4.69) is 21.2 Å². The van der Waals surface area contributed by atoms with E-state index < -0.39 is 5.82 Å². The highest BCUT2D eigenvalue weighted by molar-refractivity contribution is 9.10. The minimum absolute atomic E-state index is 0.0798. The number of hydrogen-bond donors (Lipinski definition) is 1. The van der Waals surface area contributed by atoms with Crippen molar-refractivity contribution < 1.29 is 9.18 Å². The smallest absolute Gasteiger partial charge is 0.231 e. The molecule has 0 aliphatic rings. The molecule has 0 aliphatic heterocycles. The molecule has 18 heavy (non-hydrogen) atoms. The van der Waals surface area contributed by atoms with Gasteiger partial charge in [-0.1, -0.05) is 22.9 Å². The fraction of sp³-hybridized carbons (Fsp3) is 0.462. The summed E-state index contributed by atoms with van der Waals surface area (Å²) in [6.45, 7) is 2.54. The lowest BCUT2D eigenvalue weighted by molar-refractivity contribution is -0.122. The molecule has 1 aromatic carbocycles. The minimum atomic E-state index is -0.395. The van der Waals surface area contributed by atoms with Gasteiger partial charge in [-0.3, -0.25) is 4.79 Å². The molecule has 1 amide bonds. The molecule has 1 N–H and O–H groups in total. The lowest BCUT2D eigenvalue weighted by atomic mass is 10.0. The summed E-state index contributed by atoms with van der Waals surface area (Å²) in [5.74, 6) is -0.615. The lowest BCUT2D eigenvalue weighted by Crippen LogP contribution is -2.37. The summed E-state index contributed by atoms with van der Waals surface area (Å²) in [5.41, 5.74) is 0.295. The first-order chi connectivity index (χ1) is 8.51. The molecule has 0 radical (unpaired) electrons. The highest BCUT2D eigenvalue weighted by atomic mass is 79.9. The second kappa shape index (κ2) is 6.85. The number of nitrogens with zero attached hydrogens (tertiary/aromatic N) is 1. The Kier molecular flexibility index (Phi) is 5.75. The van der Waals surface area contributed by atoms with Crippen LogP contribution in [0.4, 0.5) is 10.1 Å². The van der Waals surface area contributed by atoms with Gasteiger partial charge in [-0.15, -0.1) is 0 Å². The van der Waals surface area contributed by atoms with Crippen molar-refractivity contribution in [1.82, 2.24) is 5.32 Å². The number of rotatable bonds is 5. The second-order valence-electron chi connectivity index (χ2n) is 4.16. The van der Waals surface area contributed by atoms with Gasteiger partial charge in [0.15, 0.2) is 0 Å². The van der Waals surface area contributed by atoms with Crippen molar-refractivity contribution in [2.75, 3.05) is 25.5 Å². The largest absolute Gasteiger partial charge is 0.319 e. The predicted molar refractivity (Wildman–Crippen MR) is 75.2 cm³/mol. The zero-order valence-electron chi connectivity index (χ0n) is 10.8. The van der Waals surface area contributed by atoms with Crippen molar-refractivity contribution in [3.8, 4) is 0 Å². The maximum atomic E-state index is 13.7. The van der Waals surface area contributed by atoms with Crippen LogP contribution >= 0.6 is 15.9 Å². The molecule has 1 rings (SSSR count). The van der Waals surface area contributed by atoms with Gasteiger partial charge in [-0.2, -0.15) is 0 Å². The summed E-state index contributed by atoms with van der Waals surface area (Å²) in [4.78, 5) is 13.6. The van der Waals surface area contributed by atoms with Crippen LogP contribution in [0.25, 0.3) is 0 Å². The summed E-state index contributed by atoms with van der Waals surface area (Å²) in [5, 5.41) is 2.98. The van der Waals surface area contributed by atoms with E-state index in [1.165, 1.54) is 11.0 Å². The maximum Gasteiger partial charge on any atom is 0.231 e. The number of halogens is 2. The van der Waals surface area contributed by atoms with Crippen LogP contribution in [0.5, 0.6) is 0 Å². The van der Waals surface area contributed by atoms with E-state index in [-0.39, 0.29) is 11.8 Å². The number of anilines is 1. The number of carbonyl (C=O) groups is 1. The van der Waals surface area contributed by atoms with Gasteiger partial charge in [0.2, 0.25) is 5.91 Å². The normalized spacial score (nSPS) is 12.3. The first kappa shape index (κ1) is 15.1. The van der Waals surface area contributed by atoms with Crippen LogP contribution in [-0.4, -0.2) is 26.5 Å². The second-order valence-corrected chi connectivity index (χ2v) is 5.07. The standard InChI is InChI=1S/C13H18BrFN2O/c1-4-9(8-16-2)13(18)17(3)12-7-10(14)5-6-11(12)15/h5-7,9,16H,4,8H2,1-3H3. The first-order valence-electron chi connectivity index (χ1n) is 5.88. The molecule has 100 valence electrons. The molecule has 0 fully saturated rings. The van der Waals surface area contributed by atoms with Crippen LogP contribution in [0, 0.1) is 11.7 Å². The Morgan fingerprint density at radius 2 is 2.22 bits per heavy atom. The molecule has 1 atom stereocenters. The van der Waals surface area contributed by atoms with Crippen molar-refractivity contribution >= 4 is 27.5 Å².